The topological polar surface area (TPSA) is 48.4 Å². The predicted molar refractivity (Wildman–Crippen MR) is 74.7 cm³/mol. The van der Waals surface area contributed by atoms with Gasteiger partial charge in [0.2, 0.25) is 5.76 Å². The third-order valence-corrected chi connectivity index (χ3v) is 3.10. The molecule has 3 aromatic rings. The summed E-state index contributed by atoms with van der Waals surface area (Å²) in [5.74, 6) is 1.84. The molecule has 0 atom stereocenters. The van der Waals surface area contributed by atoms with Crippen molar-refractivity contribution in [1.82, 2.24) is 5.16 Å². The van der Waals surface area contributed by atoms with E-state index < -0.39 is 0 Å². The van der Waals surface area contributed by atoms with E-state index in [4.69, 9.17) is 25.3 Å². The molecular formula is C15H12ClNO3. The Labute approximate surface area is 120 Å². The minimum absolute atomic E-state index is 0.285. The van der Waals surface area contributed by atoms with E-state index in [-0.39, 0.29) is 6.61 Å². The normalized spacial score (nSPS) is 10.7. The van der Waals surface area contributed by atoms with Gasteiger partial charge in [0.15, 0.2) is 5.76 Å². The minimum atomic E-state index is 0.285. The first kappa shape index (κ1) is 12.8. The van der Waals surface area contributed by atoms with Gasteiger partial charge >= 0.3 is 0 Å². The fourth-order valence-electron chi connectivity index (χ4n) is 1.79. The zero-order valence-electron chi connectivity index (χ0n) is 10.8. The van der Waals surface area contributed by atoms with Crippen LogP contribution in [0, 0.1) is 6.92 Å². The quantitative estimate of drug-likeness (QED) is 0.711. The summed E-state index contributed by atoms with van der Waals surface area (Å²) >= 11 is 6.07. The van der Waals surface area contributed by atoms with Gasteiger partial charge in [-0.05, 0) is 36.8 Å². The second-order valence-corrected chi connectivity index (χ2v) is 4.79. The molecule has 20 heavy (non-hydrogen) atoms. The Morgan fingerprint density at radius 3 is 2.90 bits per heavy atom. The molecule has 0 radical (unpaired) electrons. The van der Waals surface area contributed by atoms with Gasteiger partial charge in [-0.3, -0.25) is 0 Å². The van der Waals surface area contributed by atoms with Crippen molar-refractivity contribution in [3.05, 3.63) is 58.9 Å². The highest BCUT2D eigenvalue weighted by Crippen LogP contribution is 2.27. The molecule has 0 fully saturated rings. The number of aryl methyl sites for hydroxylation is 1. The fraction of sp³-hybridized carbons (Fsp3) is 0.133. The van der Waals surface area contributed by atoms with Crippen molar-refractivity contribution in [3.8, 4) is 17.3 Å². The number of hydrogen-bond donors (Lipinski definition) is 0. The predicted octanol–water partition coefficient (Wildman–Crippen LogP) is 4.48. The third-order valence-electron chi connectivity index (χ3n) is 2.79. The molecule has 1 aromatic carbocycles. The highest BCUT2D eigenvalue weighted by atomic mass is 35.5. The first-order chi connectivity index (χ1) is 9.72. The molecule has 102 valence electrons. The van der Waals surface area contributed by atoms with Crippen LogP contribution in [-0.4, -0.2) is 5.16 Å². The van der Waals surface area contributed by atoms with E-state index >= 15 is 0 Å². The van der Waals surface area contributed by atoms with Crippen LogP contribution in [0.3, 0.4) is 0 Å². The average Bonchev–Trinajstić information content (AvgIpc) is 3.09. The van der Waals surface area contributed by atoms with E-state index in [0.717, 1.165) is 5.56 Å². The van der Waals surface area contributed by atoms with Gasteiger partial charge in [-0.15, -0.1) is 0 Å². The standard InChI is InChI=1S/C15H12ClNO3/c1-10-4-5-12(16)14(7-10)19-9-11-8-15(20-17-11)13-3-2-6-18-13/h2-8H,9H2,1H3. The van der Waals surface area contributed by atoms with Gasteiger partial charge in [-0.25, -0.2) is 0 Å². The summed E-state index contributed by atoms with van der Waals surface area (Å²) in [5.41, 5.74) is 1.76. The molecule has 0 bridgehead atoms. The summed E-state index contributed by atoms with van der Waals surface area (Å²) in [5, 5.41) is 4.51. The van der Waals surface area contributed by atoms with Crippen LogP contribution in [0.2, 0.25) is 5.02 Å². The van der Waals surface area contributed by atoms with Crippen LogP contribution in [0.25, 0.3) is 11.5 Å². The minimum Gasteiger partial charge on any atom is -0.486 e. The Bertz CT molecular complexity index is 704. The Kier molecular flexibility index (Phi) is 3.48. The zero-order valence-corrected chi connectivity index (χ0v) is 11.6. The van der Waals surface area contributed by atoms with Crippen LogP contribution in [0.1, 0.15) is 11.3 Å². The van der Waals surface area contributed by atoms with E-state index in [9.17, 15) is 0 Å². The van der Waals surface area contributed by atoms with Gasteiger partial charge in [0, 0.05) is 6.07 Å². The van der Waals surface area contributed by atoms with Crippen LogP contribution in [0.4, 0.5) is 0 Å². The maximum atomic E-state index is 6.07. The summed E-state index contributed by atoms with van der Waals surface area (Å²) in [4.78, 5) is 0. The second kappa shape index (κ2) is 5.43. The molecule has 0 aliphatic carbocycles. The molecule has 4 nitrogen and oxygen atoms in total. The molecule has 0 amide bonds. The lowest BCUT2D eigenvalue weighted by Gasteiger charge is -2.06. The molecule has 0 saturated carbocycles. The van der Waals surface area contributed by atoms with Crippen molar-refractivity contribution >= 4 is 11.6 Å². The first-order valence-electron chi connectivity index (χ1n) is 6.11. The Balaban J connectivity index is 1.71. The Hall–Kier alpha value is -2.20. The zero-order chi connectivity index (χ0) is 13.9. The highest BCUT2D eigenvalue weighted by Gasteiger charge is 2.10. The number of hydrogen-bond acceptors (Lipinski definition) is 4. The summed E-state index contributed by atoms with van der Waals surface area (Å²) < 4.78 is 16.1. The maximum absolute atomic E-state index is 6.07. The van der Waals surface area contributed by atoms with Gasteiger partial charge < -0.3 is 13.7 Å². The van der Waals surface area contributed by atoms with Gasteiger partial charge in [0.05, 0.1) is 11.3 Å². The lowest BCUT2D eigenvalue weighted by atomic mass is 10.2. The highest BCUT2D eigenvalue weighted by molar-refractivity contribution is 6.32. The van der Waals surface area contributed by atoms with Crippen molar-refractivity contribution in [2.24, 2.45) is 0 Å². The summed E-state index contributed by atoms with van der Waals surface area (Å²) in [6.07, 6.45) is 1.58. The van der Waals surface area contributed by atoms with Crippen molar-refractivity contribution in [3.63, 3.8) is 0 Å². The molecule has 3 rings (SSSR count). The van der Waals surface area contributed by atoms with E-state index in [1.165, 1.54) is 0 Å². The number of rotatable bonds is 4. The van der Waals surface area contributed by atoms with Gasteiger partial charge in [0.25, 0.3) is 0 Å². The molecule has 0 N–H and O–H groups in total. The van der Waals surface area contributed by atoms with E-state index in [1.807, 2.05) is 31.2 Å². The van der Waals surface area contributed by atoms with E-state index in [2.05, 4.69) is 5.16 Å². The van der Waals surface area contributed by atoms with Crippen molar-refractivity contribution < 1.29 is 13.7 Å². The summed E-state index contributed by atoms with van der Waals surface area (Å²) in [6, 6.07) is 11.0. The smallest absolute Gasteiger partial charge is 0.202 e. The number of ether oxygens (including phenoxy) is 1. The third kappa shape index (κ3) is 2.70. The van der Waals surface area contributed by atoms with Crippen molar-refractivity contribution in [1.29, 1.82) is 0 Å². The van der Waals surface area contributed by atoms with Crippen LogP contribution >= 0.6 is 11.6 Å². The van der Waals surface area contributed by atoms with Crippen molar-refractivity contribution in [2.75, 3.05) is 0 Å². The van der Waals surface area contributed by atoms with Crippen molar-refractivity contribution in [2.45, 2.75) is 13.5 Å². The molecule has 2 heterocycles. The molecular weight excluding hydrogens is 278 g/mol. The fourth-order valence-corrected chi connectivity index (χ4v) is 1.96. The number of nitrogens with zero attached hydrogens (tertiary/aromatic N) is 1. The van der Waals surface area contributed by atoms with Crippen LogP contribution < -0.4 is 4.74 Å². The molecule has 0 unspecified atom stereocenters. The largest absolute Gasteiger partial charge is 0.486 e. The van der Waals surface area contributed by atoms with Crippen LogP contribution in [-0.2, 0) is 6.61 Å². The molecule has 0 aliphatic heterocycles. The molecule has 5 heteroatoms. The number of furan rings is 1. The van der Waals surface area contributed by atoms with E-state index in [0.29, 0.717) is 28.0 Å². The molecule has 0 saturated heterocycles. The number of aromatic nitrogens is 1. The molecule has 2 aromatic heterocycles. The van der Waals surface area contributed by atoms with Gasteiger partial charge in [-0.2, -0.15) is 0 Å². The average molecular weight is 290 g/mol. The Morgan fingerprint density at radius 2 is 2.10 bits per heavy atom. The maximum Gasteiger partial charge on any atom is 0.202 e. The summed E-state index contributed by atoms with van der Waals surface area (Å²) in [6.45, 7) is 2.27. The van der Waals surface area contributed by atoms with Crippen LogP contribution in [0.15, 0.2) is 51.6 Å². The molecule has 0 aliphatic rings. The monoisotopic (exact) mass is 289 g/mol. The SMILES string of the molecule is Cc1ccc(Cl)c(OCc2cc(-c3ccco3)on2)c1. The lowest BCUT2D eigenvalue weighted by Crippen LogP contribution is -1.96. The van der Waals surface area contributed by atoms with E-state index in [1.54, 1.807) is 18.4 Å². The number of halogens is 1. The second-order valence-electron chi connectivity index (χ2n) is 4.38. The van der Waals surface area contributed by atoms with Crippen LogP contribution in [0.5, 0.6) is 5.75 Å². The molecule has 0 spiro atoms. The Morgan fingerprint density at radius 1 is 1.20 bits per heavy atom. The summed E-state index contributed by atoms with van der Waals surface area (Å²) in [7, 11) is 0. The first-order valence-corrected chi connectivity index (χ1v) is 6.48. The van der Waals surface area contributed by atoms with Gasteiger partial charge in [0.1, 0.15) is 18.1 Å². The van der Waals surface area contributed by atoms with Gasteiger partial charge in [-0.1, -0.05) is 22.8 Å². The number of benzene rings is 1. The lowest BCUT2D eigenvalue weighted by molar-refractivity contribution is 0.289.